The number of hydrogen-bond donors (Lipinski definition) is 1. The van der Waals surface area contributed by atoms with Gasteiger partial charge in [0.25, 0.3) is 0 Å². The fraction of sp³-hybridized carbons (Fsp3) is 0.417. The van der Waals surface area contributed by atoms with Gasteiger partial charge in [0.2, 0.25) is 0 Å². The molecule has 1 saturated heterocycles. The molecule has 4 rings (SSSR count). The van der Waals surface area contributed by atoms with Crippen molar-refractivity contribution in [2.45, 2.75) is 51.7 Å². The molecule has 1 N–H and O–H groups in total. The summed E-state index contributed by atoms with van der Waals surface area (Å²) in [6.45, 7) is 9.67. The number of thiocarbonyl (C=S) groups is 1. The molecule has 2 unspecified atom stereocenters. The van der Waals surface area contributed by atoms with Gasteiger partial charge < -0.3 is 15.1 Å². The van der Waals surface area contributed by atoms with E-state index in [-0.39, 0.29) is 17.6 Å². The molecule has 1 fully saturated rings. The highest BCUT2D eigenvalue weighted by atomic mass is 35.5. The SMILES string of the molecule is CCCN1C(=S)NC(c2ccccn2)C1c1cc2c(cc1Cl)N(C)C(C)(C)C=C2C. The number of allylic oxidation sites excluding steroid dienone is 1. The lowest BCUT2D eigenvalue weighted by atomic mass is 9.86. The molecule has 3 heterocycles. The van der Waals surface area contributed by atoms with Crippen LogP contribution in [0.25, 0.3) is 5.57 Å². The van der Waals surface area contributed by atoms with Gasteiger partial charge >= 0.3 is 0 Å². The summed E-state index contributed by atoms with van der Waals surface area (Å²) in [5, 5.41) is 5.03. The molecule has 4 nitrogen and oxygen atoms in total. The molecule has 0 amide bonds. The van der Waals surface area contributed by atoms with Crippen molar-refractivity contribution in [1.82, 2.24) is 15.2 Å². The van der Waals surface area contributed by atoms with E-state index >= 15 is 0 Å². The molecule has 2 aliphatic rings. The molecule has 0 spiro atoms. The maximum Gasteiger partial charge on any atom is 0.170 e. The monoisotopic (exact) mass is 440 g/mol. The molecule has 2 aliphatic heterocycles. The van der Waals surface area contributed by atoms with Crippen molar-refractivity contribution in [3.05, 3.63) is 64.4 Å². The lowest BCUT2D eigenvalue weighted by Gasteiger charge is -2.41. The lowest BCUT2D eigenvalue weighted by Crippen LogP contribution is -2.42. The first-order valence-electron chi connectivity index (χ1n) is 10.5. The molecule has 6 heteroatoms. The van der Waals surface area contributed by atoms with Crippen molar-refractivity contribution in [2.75, 3.05) is 18.5 Å². The highest BCUT2D eigenvalue weighted by molar-refractivity contribution is 7.80. The van der Waals surface area contributed by atoms with Gasteiger partial charge in [-0.25, -0.2) is 0 Å². The highest BCUT2D eigenvalue weighted by Crippen LogP contribution is 2.46. The van der Waals surface area contributed by atoms with E-state index in [1.165, 1.54) is 16.8 Å². The van der Waals surface area contributed by atoms with Crippen molar-refractivity contribution in [3.8, 4) is 0 Å². The number of nitrogens with zero attached hydrogens (tertiary/aromatic N) is 3. The predicted octanol–water partition coefficient (Wildman–Crippen LogP) is 5.75. The van der Waals surface area contributed by atoms with E-state index in [2.05, 4.69) is 79.1 Å². The third-order valence-electron chi connectivity index (χ3n) is 6.32. The summed E-state index contributed by atoms with van der Waals surface area (Å²) in [7, 11) is 2.13. The van der Waals surface area contributed by atoms with Crippen LogP contribution >= 0.6 is 23.8 Å². The number of fused-ring (bicyclic) bond motifs is 1. The molecular weight excluding hydrogens is 412 g/mol. The fourth-order valence-electron chi connectivity index (χ4n) is 4.64. The van der Waals surface area contributed by atoms with Crippen molar-refractivity contribution in [2.24, 2.45) is 0 Å². The van der Waals surface area contributed by atoms with Gasteiger partial charge in [0.15, 0.2) is 5.11 Å². The summed E-state index contributed by atoms with van der Waals surface area (Å²) < 4.78 is 0. The summed E-state index contributed by atoms with van der Waals surface area (Å²) in [6, 6.07) is 10.3. The Hall–Kier alpha value is -2.11. The second kappa shape index (κ2) is 7.86. The van der Waals surface area contributed by atoms with E-state index in [0.717, 1.165) is 34.4 Å². The van der Waals surface area contributed by atoms with Crippen LogP contribution in [0.3, 0.4) is 0 Å². The molecule has 0 aliphatic carbocycles. The molecule has 2 aromatic rings. The van der Waals surface area contributed by atoms with Crippen LogP contribution in [0.5, 0.6) is 0 Å². The van der Waals surface area contributed by atoms with E-state index in [4.69, 9.17) is 23.8 Å². The Bertz CT molecular complexity index is 1000. The smallest absolute Gasteiger partial charge is 0.170 e. The van der Waals surface area contributed by atoms with Gasteiger partial charge in [-0.2, -0.15) is 0 Å². The van der Waals surface area contributed by atoms with Crippen LogP contribution in [0.1, 0.15) is 63.0 Å². The number of pyridine rings is 1. The molecule has 30 heavy (non-hydrogen) atoms. The van der Waals surface area contributed by atoms with Gasteiger partial charge in [-0.05, 0) is 74.8 Å². The Morgan fingerprint density at radius 1 is 1.27 bits per heavy atom. The van der Waals surface area contributed by atoms with Gasteiger partial charge in [-0.3, -0.25) is 4.98 Å². The zero-order chi connectivity index (χ0) is 21.6. The minimum absolute atomic E-state index is 0.00167. The first-order chi connectivity index (χ1) is 14.2. The summed E-state index contributed by atoms with van der Waals surface area (Å²) in [5.41, 5.74) is 5.68. The number of anilines is 1. The van der Waals surface area contributed by atoms with Crippen LogP contribution in [-0.2, 0) is 0 Å². The van der Waals surface area contributed by atoms with Crippen LogP contribution in [0.2, 0.25) is 5.02 Å². The number of likely N-dealkylation sites (N-methyl/N-ethyl adjacent to an activating group) is 1. The quantitative estimate of drug-likeness (QED) is 0.612. The highest BCUT2D eigenvalue weighted by Gasteiger charge is 2.41. The fourth-order valence-corrected chi connectivity index (χ4v) is 5.24. The standard InChI is InChI=1S/C24H29ClN4S/c1-6-11-29-22(21(27-23(29)30)19-9-7-8-10-26-19)17-12-16-15(2)14-24(3,4)28(5)20(16)13-18(17)25/h7-10,12-14,21-22H,6,11H2,1-5H3,(H,27,30). The molecule has 2 atom stereocenters. The minimum Gasteiger partial charge on any atom is -0.365 e. The Morgan fingerprint density at radius 3 is 2.70 bits per heavy atom. The largest absolute Gasteiger partial charge is 0.365 e. The summed E-state index contributed by atoms with van der Waals surface area (Å²) in [4.78, 5) is 9.17. The third-order valence-corrected chi connectivity index (χ3v) is 7.00. The Balaban J connectivity index is 1.86. The Kier molecular flexibility index (Phi) is 5.54. The molecule has 0 bridgehead atoms. The van der Waals surface area contributed by atoms with Gasteiger partial charge in [-0.1, -0.05) is 30.7 Å². The number of halogens is 1. The summed E-state index contributed by atoms with van der Waals surface area (Å²) in [6.07, 6.45) is 5.16. The zero-order valence-corrected chi connectivity index (χ0v) is 19.8. The van der Waals surface area contributed by atoms with Crippen LogP contribution < -0.4 is 10.2 Å². The predicted molar refractivity (Wildman–Crippen MR) is 130 cm³/mol. The number of aromatic nitrogens is 1. The van der Waals surface area contributed by atoms with Crippen molar-refractivity contribution < 1.29 is 0 Å². The Morgan fingerprint density at radius 2 is 2.03 bits per heavy atom. The van der Waals surface area contributed by atoms with Crippen LogP contribution in [0, 0.1) is 0 Å². The van der Waals surface area contributed by atoms with E-state index in [1.807, 2.05) is 18.3 Å². The molecule has 158 valence electrons. The average molecular weight is 441 g/mol. The number of rotatable bonds is 4. The number of nitrogens with one attached hydrogen (secondary N) is 1. The van der Waals surface area contributed by atoms with Crippen molar-refractivity contribution >= 4 is 40.2 Å². The maximum atomic E-state index is 6.95. The van der Waals surface area contributed by atoms with Gasteiger partial charge in [-0.15, -0.1) is 0 Å². The second-order valence-electron chi connectivity index (χ2n) is 8.75. The first-order valence-corrected chi connectivity index (χ1v) is 11.3. The summed E-state index contributed by atoms with van der Waals surface area (Å²) in [5.74, 6) is 0. The molecule has 1 aromatic carbocycles. The number of benzene rings is 1. The topological polar surface area (TPSA) is 31.4 Å². The Labute approximate surface area is 189 Å². The molecule has 0 radical (unpaired) electrons. The van der Waals surface area contributed by atoms with E-state index in [1.54, 1.807) is 0 Å². The van der Waals surface area contributed by atoms with Gasteiger partial charge in [0, 0.05) is 36.1 Å². The molecule has 0 saturated carbocycles. The van der Waals surface area contributed by atoms with Crippen molar-refractivity contribution in [1.29, 1.82) is 0 Å². The molecular formula is C24H29ClN4S. The number of hydrogen-bond acceptors (Lipinski definition) is 3. The van der Waals surface area contributed by atoms with E-state index < -0.39 is 0 Å². The van der Waals surface area contributed by atoms with E-state index in [0.29, 0.717) is 0 Å². The normalized spacial score (nSPS) is 22.6. The van der Waals surface area contributed by atoms with Crippen molar-refractivity contribution in [3.63, 3.8) is 0 Å². The maximum absolute atomic E-state index is 6.95. The van der Waals surface area contributed by atoms with E-state index in [9.17, 15) is 0 Å². The average Bonchev–Trinajstić information content (AvgIpc) is 3.03. The van der Waals surface area contributed by atoms with Gasteiger partial charge in [0.05, 0.1) is 23.3 Å². The zero-order valence-electron chi connectivity index (χ0n) is 18.2. The first kappa shape index (κ1) is 21.1. The second-order valence-corrected chi connectivity index (χ2v) is 9.54. The lowest BCUT2D eigenvalue weighted by molar-refractivity contribution is 0.318. The third kappa shape index (κ3) is 3.48. The minimum atomic E-state index is -0.0524. The van der Waals surface area contributed by atoms with Crippen LogP contribution in [0.4, 0.5) is 5.69 Å². The van der Waals surface area contributed by atoms with Crippen LogP contribution in [-0.4, -0.2) is 34.1 Å². The summed E-state index contributed by atoms with van der Waals surface area (Å²) >= 11 is 12.7. The van der Waals surface area contributed by atoms with Gasteiger partial charge in [0.1, 0.15) is 0 Å². The van der Waals surface area contributed by atoms with Crippen LogP contribution in [0.15, 0.2) is 42.6 Å². The molecule has 1 aromatic heterocycles.